The van der Waals surface area contributed by atoms with Gasteiger partial charge in [0.1, 0.15) is 21.8 Å². The molecule has 1 aliphatic rings. The first-order valence-corrected chi connectivity index (χ1v) is 9.28. The minimum absolute atomic E-state index is 0.132. The second kappa shape index (κ2) is 6.38. The highest BCUT2D eigenvalue weighted by Crippen LogP contribution is 2.38. The van der Waals surface area contributed by atoms with Gasteiger partial charge in [-0.1, -0.05) is 17.1 Å². The topological polar surface area (TPSA) is 52.9 Å². The maximum atomic E-state index is 12.5. The SMILES string of the molecule is CC(C)(C)[SH+](=O)N[C@H](c1cc(C#N)cs1)C1CCCC1. The first-order valence-electron chi connectivity index (χ1n) is 7.14. The lowest BCUT2D eigenvalue weighted by Gasteiger charge is -2.23. The van der Waals surface area contributed by atoms with Crippen LogP contribution in [0.1, 0.15) is 62.9 Å². The summed E-state index contributed by atoms with van der Waals surface area (Å²) in [7, 11) is -1.47. The van der Waals surface area contributed by atoms with Gasteiger partial charge in [-0.15, -0.1) is 16.1 Å². The van der Waals surface area contributed by atoms with Gasteiger partial charge in [0, 0.05) is 10.3 Å². The van der Waals surface area contributed by atoms with Gasteiger partial charge in [-0.3, -0.25) is 0 Å². The number of rotatable bonds is 4. The van der Waals surface area contributed by atoms with Crippen LogP contribution in [0.3, 0.4) is 0 Å². The molecule has 1 aliphatic carbocycles. The molecule has 0 amide bonds. The van der Waals surface area contributed by atoms with Crippen molar-refractivity contribution in [1.82, 2.24) is 4.72 Å². The first kappa shape index (κ1) is 15.7. The Morgan fingerprint density at radius 2 is 2.10 bits per heavy atom. The van der Waals surface area contributed by atoms with E-state index in [2.05, 4.69) is 10.8 Å². The highest BCUT2D eigenvalue weighted by Gasteiger charge is 2.35. The van der Waals surface area contributed by atoms with E-state index >= 15 is 0 Å². The Labute approximate surface area is 128 Å². The molecule has 1 aromatic rings. The van der Waals surface area contributed by atoms with Crippen LogP contribution in [0.4, 0.5) is 0 Å². The number of hydrogen-bond donors (Lipinski definition) is 1. The predicted octanol–water partition coefficient (Wildman–Crippen LogP) is 3.85. The number of nitrogens with zero attached hydrogens (tertiary/aromatic N) is 1. The van der Waals surface area contributed by atoms with E-state index in [0.29, 0.717) is 11.5 Å². The molecule has 1 unspecified atom stereocenters. The van der Waals surface area contributed by atoms with E-state index in [9.17, 15) is 4.21 Å². The van der Waals surface area contributed by atoms with Gasteiger partial charge in [0.25, 0.3) is 0 Å². The number of thiophene rings is 1. The standard InChI is InChI=1S/C15H22N2OS2/c1-15(2,3)20(18)17-14(12-6-4-5-7-12)13-8-11(9-16)10-19-13/h8,10,12,14H,4-7H2,1-3H3,(H,17,18)/p+1/t14-,20?/m0/s1. The summed E-state index contributed by atoms with van der Waals surface area (Å²) in [5.74, 6) is 0.543. The summed E-state index contributed by atoms with van der Waals surface area (Å²) in [5, 5.41) is 10.9. The fourth-order valence-electron chi connectivity index (χ4n) is 2.59. The molecule has 0 bridgehead atoms. The molecule has 0 aliphatic heterocycles. The molecule has 0 aromatic carbocycles. The van der Waals surface area contributed by atoms with Crippen molar-refractivity contribution in [3.63, 3.8) is 0 Å². The van der Waals surface area contributed by atoms with E-state index in [-0.39, 0.29) is 10.8 Å². The van der Waals surface area contributed by atoms with Crippen LogP contribution >= 0.6 is 11.3 Å². The van der Waals surface area contributed by atoms with Gasteiger partial charge < -0.3 is 0 Å². The van der Waals surface area contributed by atoms with Crippen LogP contribution in [0.15, 0.2) is 11.4 Å². The summed E-state index contributed by atoms with van der Waals surface area (Å²) in [6.07, 6.45) is 4.88. The Hall–Kier alpha value is -0.700. The number of nitriles is 1. The van der Waals surface area contributed by atoms with Crippen molar-refractivity contribution in [2.24, 2.45) is 5.92 Å². The maximum absolute atomic E-state index is 12.5. The van der Waals surface area contributed by atoms with Gasteiger partial charge >= 0.3 is 0 Å². The van der Waals surface area contributed by atoms with Crippen LogP contribution in [0.25, 0.3) is 0 Å². The van der Waals surface area contributed by atoms with Crippen molar-refractivity contribution in [2.75, 3.05) is 0 Å². The van der Waals surface area contributed by atoms with Gasteiger partial charge in [-0.05, 0) is 45.6 Å². The highest BCUT2D eigenvalue weighted by atomic mass is 32.2. The molecule has 2 rings (SSSR count). The highest BCUT2D eigenvalue weighted by molar-refractivity contribution is 7.84. The fourth-order valence-corrected chi connectivity index (χ4v) is 4.64. The Morgan fingerprint density at radius 1 is 1.45 bits per heavy atom. The summed E-state index contributed by atoms with van der Waals surface area (Å²) in [5.41, 5.74) is 0.709. The lowest BCUT2D eigenvalue weighted by atomic mass is 9.97. The summed E-state index contributed by atoms with van der Waals surface area (Å²) in [4.78, 5) is 1.15. The third-order valence-corrected chi connectivity index (χ3v) is 6.54. The second-order valence-electron chi connectivity index (χ2n) is 6.47. The number of nitrogens with one attached hydrogen (secondary N) is 1. The predicted molar refractivity (Wildman–Crippen MR) is 86.1 cm³/mol. The molecule has 1 aromatic heterocycles. The Morgan fingerprint density at radius 3 is 2.60 bits per heavy atom. The van der Waals surface area contributed by atoms with Crippen molar-refractivity contribution in [2.45, 2.75) is 57.2 Å². The van der Waals surface area contributed by atoms with Crippen molar-refractivity contribution in [1.29, 1.82) is 5.26 Å². The summed E-state index contributed by atoms with van der Waals surface area (Å²) >= 11 is 1.61. The van der Waals surface area contributed by atoms with Crippen LogP contribution in [0.2, 0.25) is 0 Å². The smallest absolute Gasteiger partial charge is 0.147 e. The van der Waals surface area contributed by atoms with Crippen LogP contribution in [0, 0.1) is 17.2 Å². The van der Waals surface area contributed by atoms with Crippen LogP contribution in [-0.2, 0) is 15.2 Å². The Balaban J connectivity index is 2.21. The zero-order valence-corrected chi connectivity index (χ0v) is 14.1. The summed E-state index contributed by atoms with van der Waals surface area (Å²) in [6, 6.07) is 4.27. The monoisotopic (exact) mass is 311 g/mol. The molecule has 2 atom stereocenters. The lowest BCUT2D eigenvalue weighted by Crippen LogP contribution is -2.37. The molecule has 1 heterocycles. The average Bonchev–Trinajstić information content (AvgIpc) is 3.05. The zero-order valence-electron chi connectivity index (χ0n) is 12.3. The van der Waals surface area contributed by atoms with Crippen molar-refractivity contribution in [3.8, 4) is 6.07 Å². The molecule has 1 fully saturated rings. The maximum Gasteiger partial charge on any atom is 0.147 e. The summed E-state index contributed by atoms with van der Waals surface area (Å²) in [6.45, 7) is 6.00. The third-order valence-electron chi connectivity index (χ3n) is 3.79. The van der Waals surface area contributed by atoms with Crippen LogP contribution in [-0.4, -0.2) is 4.75 Å². The lowest BCUT2D eigenvalue weighted by molar-refractivity contribution is 0.418. The summed E-state index contributed by atoms with van der Waals surface area (Å²) < 4.78 is 15.6. The third kappa shape index (κ3) is 3.69. The molecular weight excluding hydrogens is 288 g/mol. The Kier molecular flexibility index (Phi) is 5.00. The van der Waals surface area contributed by atoms with E-state index in [1.165, 1.54) is 25.7 Å². The van der Waals surface area contributed by atoms with E-state index in [0.717, 1.165) is 4.88 Å². The average molecular weight is 311 g/mol. The molecule has 0 radical (unpaired) electrons. The van der Waals surface area contributed by atoms with Crippen LogP contribution < -0.4 is 4.72 Å². The van der Waals surface area contributed by atoms with Crippen LogP contribution in [0.5, 0.6) is 0 Å². The molecule has 3 nitrogen and oxygen atoms in total. The molecule has 110 valence electrons. The molecule has 0 spiro atoms. The molecule has 0 saturated heterocycles. The quantitative estimate of drug-likeness (QED) is 0.678. The van der Waals surface area contributed by atoms with E-state index in [1.807, 2.05) is 32.2 Å². The van der Waals surface area contributed by atoms with Gasteiger partial charge in [0.05, 0.1) is 11.6 Å². The minimum atomic E-state index is -1.47. The molecule has 1 N–H and O–H groups in total. The fraction of sp³-hybridized carbons (Fsp3) is 0.667. The second-order valence-corrected chi connectivity index (χ2v) is 9.60. The normalized spacial score (nSPS) is 19.7. The largest absolute Gasteiger partial charge is 0.192 e. The van der Waals surface area contributed by atoms with Gasteiger partial charge in [-0.2, -0.15) is 5.26 Å². The zero-order chi connectivity index (χ0) is 14.8. The molecule has 5 heteroatoms. The van der Waals surface area contributed by atoms with E-state index < -0.39 is 11.0 Å². The van der Waals surface area contributed by atoms with Gasteiger partial charge in [0.2, 0.25) is 0 Å². The Bertz CT molecular complexity index is 519. The number of hydrogen-bond acceptors (Lipinski definition) is 3. The van der Waals surface area contributed by atoms with E-state index in [1.54, 1.807) is 11.3 Å². The van der Waals surface area contributed by atoms with Crippen molar-refractivity contribution >= 4 is 22.3 Å². The van der Waals surface area contributed by atoms with Crippen molar-refractivity contribution < 1.29 is 4.21 Å². The molecule has 1 saturated carbocycles. The van der Waals surface area contributed by atoms with E-state index in [4.69, 9.17) is 5.26 Å². The van der Waals surface area contributed by atoms with Gasteiger partial charge in [-0.25, -0.2) is 0 Å². The minimum Gasteiger partial charge on any atom is -0.192 e. The molecule has 20 heavy (non-hydrogen) atoms. The first-order chi connectivity index (χ1) is 9.41. The molecular formula is C15H23N2OS2+. The number of thiol groups is 1. The van der Waals surface area contributed by atoms with Crippen molar-refractivity contribution in [3.05, 3.63) is 21.9 Å². The van der Waals surface area contributed by atoms with Gasteiger partial charge in [0.15, 0.2) is 0 Å².